The standard InChI is InChI=1S/C19H23N5O3/c1-3-27-14-10-20-11-21-16(14)22-13-9-12(2)15-17(25)23-19(24(15)18(13)26)7-5-4-6-8-19/h9-11H,3-8H2,1-2H3,(H,23,25)(H,20,21,22). The third-order valence-corrected chi connectivity index (χ3v) is 5.29. The Labute approximate surface area is 157 Å². The van der Waals surface area contributed by atoms with E-state index in [0.717, 1.165) is 37.7 Å². The van der Waals surface area contributed by atoms with Crippen molar-refractivity contribution in [2.75, 3.05) is 11.9 Å². The summed E-state index contributed by atoms with van der Waals surface area (Å²) in [6.07, 6.45) is 7.60. The minimum Gasteiger partial charge on any atom is -0.488 e. The molecule has 0 unspecified atom stereocenters. The number of nitrogens with one attached hydrogen (secondary N) is 2. The molecule has 1 spiro atoms. The first-order chi connectivity index (χ1) is 13.1. The second kappa shape index (κ2) is 6.68. The lowest BCUT2D eigenvalue weighted by molar-refractivity contribution is 0.0876. The van der Waals surface area contributed by atoms with Crippen molar-refractivity contribution in [2.24, 2.45) is 0 Å². The number of amides is 1. The number of anilines is 2. The fourth-order valence-corrected chi connectivity index (χ4v) is 4.13. The molecule has 142 valence electrons. The first-order valence-electron chi connectivity index (χ1n) is 9.35. The average Bonchev–Trinajstić information content (AvgIpc) is 2.94. The van der Waals surface area contributed by atoms with E-state index in [-0.39, 0.29) is 11.5 Å². The highest BCUT2D eigenvalue weighted by molar-refractivity contribution is 5.97. The lowest BCUT2D eigenvalue weighted by atomic mass is 9.89. The number of pyridine rings is 1. The van der Waals surface area contributed by atoms with Gasteiger partial charge in [-0.2, -0.15) is 0 Å². The van der Waals surface area contributed by atoms with Crippen molar-refractivity contribution in [1.82, 2.24) is 19.9 Å². The van der Waals surface area contributed by atoms with Crippen molar-refractivity contribution in [2.45, 2.75) is 51.6 Å². The van der Waals surface area contributed by atoms with Gasteiger partial charge < -0.3 is 15.4 Å². The normalized spacial score (nSPS) is 17.5. The van der Waals surface area contributed by atoms with Crippen LogP contribution in [0.25, 0.3) is 0 Å². The van der Waals surface area contributed by atoms with Gasteiger partial charge in [-0.1, -0.05) is 6.42 Å². The van der Waals surface area contributed by atoms with Crippen molar-refractivity contribution >= 4 is 17.4 Å². The third kappa shape index (κ3) is 2.85. The van der Waals surface area contributed by atoms with Crippen LogP contribution in [-0.2, 0) is 5.66 Å². The van der Waals surface area contributed by atoms with E-state index < -0.39 is 5.66 Å². The third-order valence-electron chi connectivity index (χ3n) is 5.29. The summed E-state index contributed by atoms with van der Waals surface area (Å²) in [5.41, 5.74) is 0.747. The monoisotopic (exact) mass is 369 g/mol. The molecule has 2 aliphatic rings. The van der Waals surface area contributed by atoms with Crippen molar-refractivity contribution in [3.05, 3.63) is 40.2 Å². The van der Waals surface area contributed by atoms with Gasteiger partial charge in [0.2, 0.25) is 0 Å². The second-order valence-electron chi connectivity index (χ2n) is 7.07. The quantitative estimate of drug-likeness (QED) is 0.859. The van der Waals surface area contributed by atoms with E-state index in [1.807, 2.05) is 13.8 Å². The summed E-state index contributed by atoms with van der Waals surface area (Å²) in [7, 11) is 0. The van der Waals surface area contributed by atoms with Crippen molar-refractivity contribution < 1.29 is 9.53 Å². The van der Waals surface area contributed by atoms with Crippen LogP contribution in [0.15, 0.2) is 23.4 Å². The molecule has 0 bridgehead atoms. The van der Waals surface area contributed by atoms with Crippen molar-refractivity contribution in [1.29, 1.82) is 0 Å². The van der Waals surface area contributed by atoms with E-state index in [4.69, 9.17) is 4.74 Å². The van der Waals surface area contributed by atoms with Crippen LogP contribution in [0.3, 0.4) is 0 Å². The van der Waals surface area contributed by atoms with Gasteiger partial charge in [-0.3, -0.25) is 14.2 Å². The fourth-order valence-electron chi connectivity index (χ4n) is 4.13. The molecule has 1 fully saturated rings. The van der Waals surface area contributed by atoms with Crippen molar-refractivity contribution in [3.63, 3.8) is 0 Å². The summed E-state index contributed by atoms with van der Waals surface area (Å²) < 4.78 is 7.20. The summed E-state index contributed by atoms with van der Waals surface area (Å²) in [6, 6.07) is 1.70. The highest BCUT2D eigenvalue weighted by atomic mass is 16.5. The molecule has 0 saturated heterocycles. The molecular formula is C19H23N5O3. The van der Waals surface area contributed by atoms with Crippen LogP contribution >= 0.6 is 0 Å². The molecule has 2 aromatic heterocycles. The van der Waals surface area contributed by atoms with E-state index in [9.17, 15) is 9.59 Å². The Morgan fingerprint density at radius 3 is 2.81 bits per heavy atom. The number of carbonyl (C=O) groups is 1. The van der Waals surface area contributed by atoms with E-state index >= 15 is 0 Å². The minimum absolute atomic E-state index is 0.171. The largest absolute Gasteiger partial charge is 0.488 e. The van der Waals surface area contributed by atoms with Gasteiger partial charge in [-0.15, -0.1) is 0 Å². The molecule has 1 amide bonds. The fraction of sp³-hybridized carbons (Fsp3) is 0.474. The maximum atomic E-state index is 13.3. The SMILES string of the molecule is CCOc1cncnc1Nc1cc(C)c2n(c1=O)C1(CCCCC1)NC2=O. The number of hydrogen-bond acceptors (Lipinski definition) is 6. The van der Waals surface area contributed by atoms with Gasteiger partial charge >= 0.3 is 0 Å². The summed E-state index contributed by atoms with van der Waals surface area (Å²) >= 11 is 0. The summed E-state index contributed by atoms with van der Waals surface area (Å²) in [5, 5.41) is 6.17. The molecule has 8 heteroatoms. The molecule has 4 rings (SSSR count). The highest BCUT2D eigenvalue weighted by Crippen LogP contribution is 2.37. The molecule has 1 saturated carbocycles. The molecule has 27 heavy (non-hydrogen) atoms. The molecule has 1 aliphatic heterocycles. The lowest BCUT2D eigenvalue weighted by Crippen LogP contribution is -2.48. The topological polar surface area (TPSA) is 98.1 Å². The summed E-state index contributed by atoms with van der Waals surface area (Å²) in [4.78, 5) is 34.1. The molecule has 2 N–H and O–H groups in total. The van der Waals surface area contributed by atoms with Gasteiger partial charge in [-0.25, -0.2) is 9.97 Å². The van der Waals surface area contributed by atoms with Crippen LogP contribution < -0.4 is 20.9 Å². The Hall–Kier alpha value is -2.90. The number of aryl methyl sites for hydroxylation is 1. The maximum Gasteiger partial charge on any atom is 0.276 e. The number of fused-ring (bicyclic) bond motifs is 2. The minimum atomic E-state index is -0.612. The zero-order valence-corrected chi connectivity index (χ0v) is 15.5. The van der Waals surface area contributed by atoms with E-state index in [1.165, 1.54) is 6.33 Å². The van der Waals surface area contributed by atoms with Crippen LogP contribution in [0.5, 0.6) is 5.75 Å². The first-order valence-corrected chi connectivity index (χ1v) is 9.35. The summed E-state index contributed by atoms with van der Waals surface area (Å²) in [5.74, 6) is 0.734. The molecule has 1 aliphatic carbocycles. The van der Waals surface area contributed by atoms with Gasteiger partial charge in [0.05, 0.1) is 12.8 Å². The molecular weight excluding hydrogens is 346 g/mol. The Kier molecular flexibility index (Phi) is 4.33. The van der Waals surface area contributed by atoms with Gasteiger partial charge in [0.1, 0.15) is 23.4 Å². The Bertz CT molecular complexity index is 947. The Balaban J connectivity index is 1.81. The molecule has 2 aromatic rings. The lowest BCUT2D eigenvalue weighted by Gasteiger charge is -2.35. The van der Waals surface area contributed by atoms with Crippen LogP contribution in [0.4, 0.5) is 11.5 Å². The maximum absolute atomic E-state index is 13.3. The number of ether oxygens (including phenoxy) is 1. The number of hydrogen-bond donors (Lipinski definition) is 2. The smallest absolute Gasteiger partial charge is 0.276 e. The number of carbonyl (C=O) groups excluding carboxylic acids is 1. The zero-order valence-electron chi connectivity index (χ0n) is 15.5. The van der Waals surface area contributed by atoms with E-state index in [0.29, 0.717) is 29.6 Å². The molecule has 0 aromatic carbocycles. The predicted molar refractivity (Wildman–Crippen MR) is 100 cm³/mol. The van der Waals surface area contributed by atoms with Crippen LogP contribution in [0, 0.1) is 6.92 Å². The molecule has 8 nitrogen and oxygen atoms in total. The van der Waals surface area contributed by atoms with Crippen LogP contribution in [-0.4, -0.2) is 27.0 Å². The Morgan fingerprint density at radius 1 is 1.30 bits per heavy atom. The first kappa shape index (κ1) is 17.5. The van der Waals surface area contributed by atoms with Gasteiger partial charge in [-0.05, 0) is 51.2 Å². The molecule has 0 radical (unpaired) electrons. The second-order valence-corrected chi connectivity index (χ2v) is 7.07. The van der Waals surface area contributed by atoms with E-state index in [2.05, 4.69) is 20.6 Å². The number of rotatable bonds is 4. The van der Waals surface area contributed by atoms with Crippen LogP contribution in [0.1, 0.15) is 55.1 Å². The Morgan fingerprint density at radius 2 is 2.07 bits per heavy atom. The molecule has 0 atom stereocenters. The van der Waals surface area contributed by atoms with Crippen LogP contribution in [0.2, 0.25) is 0 Å². The van der Waals surface area contributed by atoms with Crippen molar-refractivity contribution in [3.8, 4) is 5.75 Å². The van der Waals surface area contributed by atoms with Gasteiger partial charge in [0.25, 0.3) is 11.5 Å². The predicted octanol–water partition coefficient (Wildman–Crippen LogP) is 2.45. The van der Waals surface area contributed by atoms with Gasteiger partial charge in [0.15, 0.2) is 11.6 Å². The highest BCUT2D eigenvalue weighted by Gasteiger charge is 2.45. The van der Waals surface area contributed by atoms with E-state index in [1.54, 1.807) is 16.8 Å². The zero-order chi connectivity index (χ0) is 19.0. The molecule has 3 heterocycles. The number of nitrogens with zero attached hydrogens (tertiary/aromatic N) is 3. The van der Waals surface area contributed by atoms with Gasteiger partial charge in [0, 0.05) is 0 Å². The summed E-state index contributed by atoms with van der Waals surface area (Å²) in [6.45, 7) is 4.18. The number of aromatic nitrogens is 3. The average molecular weight is 369 g/mol.